The predicted molar refractivity (Wildman–Crippen MR) is 165 cm³/mol. The molecular formula is C32H48N6O3. The molecular weight excluding hydrogens is 516 g/mol. The maximum Gasteiger partial charge on any atom is 0.272 e. The van der Waals surface area contributed by atoms with E-state index in [9.17, 15) is 9.90 Å². The first-order chi connectivity index (χ1) is 19.7. The number of ether oxygens (including phenoxy) is 1. The molecule has 1 saturated heterocycles. The number of methoxy groups -OCH3 is 1. The summed E-state index contributed by atoms with van der Waals surface area (Å²) in [6, 6.07) is 9.12. The molecule has 1 aliphatic heterocycles. The monoisotopic (exact) mass is 564 g/mol. The lowest BCUT2D eigenvalue weighted by Crippen LogP contribution is -2.34. The van der Waals surface area contributed by atoms with Gasteiger partial charge in [0, 0.05) is 31.4 Å². The normalized spacial score (nSPS) is 14.2. The van der Waals surface area contributed by atoms with Gasteiger partial charge in [-0.3, -0.25) is 9.36 Å². The van der Waals surface area contributed by atoms with Crippen molar-refractivity contribution in [2.75, 3.05) is 45.2 Å². The highest BCUT2D eigenvalue weighted by Crippen LogP contribution is 2.30. The summed E-state index contributed by atoms with van der Waals surface area (Å²) in [6.45, 7) is 13.9. The Bertz CT molecular complexity index is 1250. The van der Waals surface area contributed by atoms with Crippen LogP contribution < -0.4 is 10.1 Å². The Morgan fingerprint density at radius 2 is 1.66 bits per heavy atom. The van der Waals surface area contributed by atoms with E-state index in [-0.39, 0.29) is 17.4 Å². The summed E-state index contributed by atoms with van der Waals surface area (Å²) in [5, 5.41) is 14.5. The van der Waals surface area contributed by atoms with Crippen molar-refractivity contribution in [2.45, 2.75) is 72.8 Å². The Morgan fingerprint density at radius 3 is 2.27 bits per heavy atom. The van der Waals surface area contributed by atoms with Crippen LogP contribution in [0, 0.1) is 11.8 Å². The van der Waals surface area contributed by atoms with Crippen LogP contribution in [0.4, 0.5) is 11.6 Å². The quantitative estimate of drug-likeness (QED) is 0.237. The first kappa shape index (κ1) is 30.6. The number of amides is 1. The Hall–Kier alpha value is -3.33. The minimum Gasteiger partial charge on any atom is -0.505 e. The van der Waals surface area contributed by atoms with Crippen LogP contribution in [0.5, 0.6) is 11.5 Å². The summed E-state index contributed by atoms with van der Waals surface area (Å²) in [6.07, 6.45) is 6.57. The molecule has 2 N–H and O–H groups in total. The number of anilines is 2. The van der Waals surface area contributed by atoms with Gasteiger partial charge in [0.15, 0.2) is 11.2 Å². The van der Waals surface area contributed by atoms with E-state index in [4.69, 9.17) is 14.7 Å². The number of hydrogen-bond donors (Lipinski definition) is 2. The molecule has 9 nitrogen and oxygen atoms in total. The molecule has 1 aliphatic rings. The third-order valence-corrected chi connectivity index (χ3v) is 7.79. The fourth-order valence-electron chi connectivity index (χ4n) is 5.23. The molecule has 1 aromatic carbocycles. The second-order valence-electron chi connectivity index (χ2n) is 12.1. The summed E-state index contributed by atoms with van der Waals surface area (Å²) in [7, 11) is 1.64. The van der Waals surface area contributed by atoms with Crippen molar-refractivity contribution >= 4 is 28.7 Å². The number of likely N-dealkylation sites (tertiary alicyclic amines) is 1. The van der Waals surface area contributed by atoms with Crippen LogP contribution in [0.3, 0.4) is 0 Å². The van der Waals surface area contributed by atoms with Crippen molar-refractivity contribution < 1.29 is 14.6 Å². The number of piperidine rings is 1. The third kappa shape index (κ3) is 8.35. The maximum absolute atomic E-state index is 13.7. The number of benzene rings is 1. The standard InChI is InChI=1S/C32H48N6O3/c1-23(2)14-20-37(21-15-24(3)4)31(40)27-22-28(39)29-30(34-27)38(19-9-18-36-16-7-6-8-17-36)32(35-29)33-25-10-12-26(41-5)13-11-25/h10-13,22-24H,6-9,14-21H2,1-5H3,(H,33,35)(H,34,39). The fraction of sp³-hybridized carbons (Fsp3) is 0.594. The lowest BCUT2D eigenvalue weighted by Gasteiger charge is -2.26. The van der Waals surface area contributed by atoms with Crippen molar-refractivity contribution in [3.63, 3.8) is 0 Å². The average Bonchev–Trinajstić information content (AvgIpc) is 3.30. The van der Waals surface area contributed by atoms with Gasteiger partial charge in [-0.1, -0.05) is 34.1 Å². The second kappa shape index (κ2) is 14.5. The molecule has 0 bridgehead atoms. The molecule has 0 aliphatic carbocycles. The summed E-state index contributed by atoms with van der Waals surface area (Å²) in [4.78, 5) is 27.7. The molecule has 224 valence electrons. The first-order valence-corrected chi connectivity index (χ1v) is 15.3. The number of nitrogens with one attached hydrogen (secondary N) is 1. The van der Waals surface area contributed by atoms with Crippen LogP contribution in [-0.2, 0) is 6.54 Å². The van der Waals surface area contributed by atoms with Crippen molar-refractivity contribution in [3.05, 3.63) is 36.0 Å². The molecule has 41 heavy (non-hydrogen) atoms. The van der Waals surface area contributed by atoms with Gasteiger partial charge in [-0.15, -0.1) is 0 Å². The molecule has 0 spiro atoms. The number of carbonyl (C=O) groups excluding carboxylic acids is 1. The lowest BCUT2D eigenvalue weighted by atomic mass is 10.1. The molecule has 9 heteroatoms. The van der Waals surface area contributed by atoms with E-state index < -0.39 is 0 Å². The first-order valence-electron chi connectivity index (χ1n) is 15.3. The molecule has 3 aromatic rings. The topological polar surface area (TPSA) is 95.7 Å². The molecule has 3 heterocycles. The molecule has 4 rings (SSSR count). The molecule has 0 radical (unpaired) electrons. The zero-order valence-corrected chi connectivity index (χ0v) is 25.5. The van der Waals surface area contributed by atoms with Crippen molar-refractivity contribution in [1.29, 1.82) is 0 Å². The number of fused-ring (bicyclic) bond motifs is 1. The number of aromatic hydroxyl groups is 1. The molecule has 0 atom stereocenters. The van der Waals surface area contributed by atoms with Crippen LogP contribution in [0.25, 0.3) is 11.2 Å². The predicted octanol–water partition coefficient (Wildman–Crippen LogP) is 6.30. The molecule has 2 aromatic heterocycles. The average molecular weight is 565 g/mol. The van der Waals surface area contributed by atoms with Crippen LogP contribution in [0.2, 0.25) is 0 Å². The van der Waals surface area contributed by atoms with Crippen LogP contribution in [0.15, 0.2) is 30.3 Å². The smallest absolute Gasteiger partial charge is 0.272 e. The van der Waals surface area contributed by atoms with Gasteiger partial charge < -0.3 is 25.0 Å². The Morgan fingerprint density at radius 1 is 1.00 bits per heavy atom. The van der Waals surface area contributed by atoms with Gasteiger partial charge in [0.05, 0.1) is 7.11 Å². The van der Waals surface area contributed by atoms with Gasteiger partial charge in [0.2, 0.25) is 5.95 Å². The highest BCUT2D eigenvalue weighted by molar-refractivity contribution is 5.96. The van der Waals surface area contributed by atoms with Gasteiger partial charge in [-0.05, 0) is 87.8 Å². The number of aromatic nitrogens is 3. The van der Waals surface area contributed by atoms with Gasteiger partial charge in [0.1, 0.15) is 17.2 Å². The van der Waals surface area contributed by atoms with Gasteiger partial charge >= 0.3 is 0 Å². The Balaban J connectivity index is 1.65. The van der Waals surface area contributed by atoms with E-state index in [1.165, 1.54) is 25.3 Å². The molecule has 1 fully saturated rings. The number of aryl methyl sites for hydroxylation is 1. The van der Waals surface area contributed by atoms with E-state index >= 15 is 0 Å². The highest BCUT2D eigenvalue weighted by atomic mass is 16.5. The Labute approximate surface area is 244 Å². The largest absolute Gasteiger partial charge is 0.505 e. The minimum atomic E-state index is -0.144. The van der Waals surface area contributed by atoms with E-state index in [0.29, 0.717) is 48.6 Å². The summed E-state index contributed by atoms with van der Waals surface area (Å²) >= 11 is 0. The Kier molecular flexibility index (Phi) is 10.9. The van der Waals surface area contributed by atoms with Crippen molar-refractivity contribution in [2.24, 2.45) is 11.8 Å². The fourth-order valence-corrected chi connectivity index (χ4v) is 5.23. The third-order valence-electron chi connectivity index (χ3n) is 7.79. The number of carbonyl (C=O) groups is 1. The summed E-state index contributed by atoms with van der Waals surface area (Å²) in [5.74, 6) is 2.16. The number of pyridine rings is 1. The molecule has 1 amide bonds. The van der Waals surface area contributed by atoms with Gasteiger partial charge in [-0.2, -0.15) is 0 Å². The van der Waals surface area contributed by atoms with Crippen LogP contribution >= 0.6 is 0 Å². The zero-order chi connectivity index (χ0) is 29.4. The molecule has 0 saturated carbocycles. The minimum absolute atomic E-state index is 0.0291. The summed E-state index contributed by atoms with van der Waals surface area (Å²) < 4.78 is 7.31. The van der Waals surface area contributed by atoms with Gasteiger partial charge in [-0.25, -0.2) is 9.97 Å². The van der Waals surface area contributed by atoms with Gasteiger partial charge in [0.25, 0.3) is 5.91 Å². The number of rotatable bonds is 14. The van der Waals surface area contributed by atoms with E-state index in [0.717, 1.165) is 50.3 Å². The van der Waals surface area contributed by atoms with E-state index in [1.54, 1.807) is 7.11 Å². The highest BCUT2D eigenvalue weighted by Gasteiger charge is 2.23. The number of nitrogens with zero attached hydrogens (tertiary/aromatic N) is 5. The summed E-state index contributed by atoms with van der Waals surface area (Å²) in [5.41, 5.74) is 2.03. The SMILES string of the molecule is COc1ccc(Nc2nc3c(O)cc(C(=O)N(CCC(C)C)CCC(C)C)nc3n2CCCN2CCCCC2)cc1. The lowest BCUT2D eigenvalue weighted by molar-refractivity contribution is 0.0734. The second-order valence-corrected chi connectivity index (χ2v) is 12.1. The zero-order valence-electron chi connectivity index (χ0n) is 25.5. The van der Waals surface area contributed by atoms with E-state index in [1.807, 2.05) is 33.7 Å². The van der Waals surface area contributed by atoms with Crippen molar-refractivity contribution in [3.8, 4) is 11.5 Å². The number of imidazole rings is 1. The van der Waals surface area contributed by atoms with Crippen LogP contribution in [-0.4, -0.2) is 75.2 Å². The number of hydrogen-bond acceptors (Lipinski definition) is 7. The maximum atomic E-state index is 13.7. The molecule has 0 unspecified atom stereocenters. The van der Waals surface area contributed by atoms with Crippen LogP contribution in [0.1, 0.15) is 76.7 Å². The van der Waals surface area contributed by atoms with Crippen molar-refractivity contribution in [1.82, 2.24) is 24.3 Å². The van der Waals surface area contributed by atoms with E-state index in [2.05, 4.69) is 37.9 Å².